The van der Waals surface area contributed by atoms with Gasteiger partial charge in [-0.2, -0.15) is 4.31 Å². The zero-order chi connectivity index (χ0) is 18.1. The van der Waals surface area contributed by atoms with E-state index in [2.05, 4.69) is 10.1 Å². The van der Waals surface area contributed by atoms with Crippen LogP contribution in [0, 0.1) is 5.82 Å². The molecule has 0 radical (unpaired) electrons. The van der Waals surface area contributed by atoms with Crippen LogP contribution in [0.2, 0.25) is 0 Å². The first-order valence-electron chi connectivity index (χ1n) is 8.35. The molecule has 0 amide bonds. The van der Waals surface area contributed by atoms with Crippen molar-refractivity contribution in [2.24, 2.45) is 0 Å². The number of para-hydroxylation sites is 1. The van der Waals surface area contributed by atoms with Crippen LogP contribution < -0.4 is 0 Å². The van der Waals surface area contributed by atoms with E-state index in [4.69, 9.17) is 4.52 Å². The van der Waals surface area contributed by atoms with Gasteiger partial charge in [-0.3, -0.25) is 4.90 Å². The standard InChI is InChI=1S/C18H18FN3O3S/c19-14-4-3-5-15(12-14)26(23,24)22-10-8-21(9-11-22)13-17-16-6-1-2-7-18(16)25-20-17/h1-7,12H,8-11,13H2. The molecule has 2 aromatic carbocycles. The second kappa shape index (κ2) is 6.79. The summed E-state index contributed by atoms with van der Waals surface area (Å²) in [5.74, 6) is -0.553. The summed E-state index contributed by atoms with van der Waals surface area (Å²) in [6.07, 6.45) is 0. The van der Waals surface area contributed by atoms with Crippen LogP contribution >= 0.6 is 0 Å². The number of nitrogens with zero attached hydrogens (tertiary/aromatic N) is 3. The molecule has 0 saturated carbocycles. The molecule has 1 aliphatic rings. The molecule has 6 nitrogen and oxygen atoms in total. The Morgan fingerprint density at radius 1 is 1.04 bits per heavy atom. The molecule has 1 aliphatic heterocycles. The predicted molar refractivity (Wildman–Crippen MR) is 94.4 cm³/mol. The Labute approximate surface area is 150 Å². The number of piperazine rings is 1. The molecule has 4 rings (SSSR count). The van der Waals surface area contributed by atoms with Crippen LogP contribution in [0.25, 0.3) is 11.0 Å². The Kier molecular flexibility index (Phi) is 4.47. The molecule has 0 N–H and O–H groups in total. The largest absolute Gasteiger partial charge is 0.356 e. The smallest absolute Gasteiger partial charge is 0.243 e. The lowest BCUT2D eigenvalue weighted by Gasteiger charge is -2.33. The number of hydrogen-bond acceptors (Lipinski definition) is 5. The number of halogens is 1. The molecule has 1 aromatic heterocycles. The fraction of sp³-hybridized carbons (Fsp3) is 0.278. The van der Waals surface area contributed by atoms with Crippen LogP contribution in [0.1, 0.15) is 5.69 Å². The van der Waals surface area contributed by atoms with Crippen molar-refractivity contribution in [2.75, 3.05) is 26.2 Å². The first kappa shape index (κ1) is 17.1. The van der Waals surface area contributed by atoms with E-state index in [9.17, 15) is 12.8 Å². The zero-order valence-corrected chi connectivity index (χ0v) is 14.8. The van der Waals surface area contributed by atoms with Crippen LogP contribution in [0.15, 0.2) is 57.9 Å². The van der Waals surface area contributed by atoms with Gasteiger partial charge in [-0.1, -0.05) is 23.4 Å². The highest BCUT2D eigenvalue weighted by molar-refractivity contribution is 7.89. The summed E-state index contributed by atoms with van der Waals surface area (Å²) < 4.78 is 45.4. The van der Waals surface area contributed by atoms with Crippen LogP contribution in [-0.4, -0.2) is 49.0 Å². The molecule has 8 heteroatoms. The van der Waals surface area contributed by atoms with Crippen molar-refractivity contribution in [1.29, 1.82) is 0 Å². The number of aromatic nitrogens is 1. The van der Waals surface area contributed by atoms with E-state index in [1.165, 1.54) is 22.5 Å². The maximum absolute atomic E-state index is 13.4. The normalized spacial score (nSPS) is 17.0. The molecule has 1 fully saturated rings. The highest BCUT2D eigenvalue weighted by atomic mass is 32.2. The number of hydrogen-bond donors (Lipinski definition) is 0. The van der Waals surface area contributed by atoms with Crippen molar-refractivity contribution in [3.05, 3.63) is 60.0 Å². The van der Waals surface area contributed by atoms with Gasteiger partial charge in [-0.15, -0.1) is 0 Å². The lowest BCUT2D eigenvalue weighted by atomic mass is 10.2. The second-order valence-corrected chi connectivity index (χ2v) is 8.20. The Balaban J connectivity index is 1.44. The van der Waals surface area contributed by atoms with Gasteiger partial charge in [-0.05, 0) is 30.3 Å². The van der Waals surface area contributed by atoms with Gasteiger partial charge in [0.05, 0.1) is 4.90 Å². The second-order valence-electron chi connectivity index (χ2n) is 6.26. The quantitative estimate of drug-likeness (QED) is 0.701. The van der Waals surface area contributed by atoms with Gasteiger partial charge in [0.2, 0.25) is 10.0 Å². The molecule has 26 heavy (non-hydrogen) atoms. The third kappa shape index (κ3) is 3.23. The maximum atomic E-state index is 13.4. The van der Waals surface area contributed by atoms with Crippen LogP contribution in [-0.2, 0) is 16.6 Å². The summed E-state index contributed by atoms with van der Waals surface area (Å²) in [7, 11) is -3.67. The lowest BCUT2D eigenvalue weighted by molar-refractivity contribution is 0.178. The minimum atomic E-state index is -3.67. The van der Waals surface area contributed by atoms with E-state index in [1.807, 2.05) is 24.3 Å². The minimum absolute atomic E-state index is 0.00607. The number of rotatable bonds is 4. The summed E-state index contributed by atoms with van der Waals surface area (Å²) in [6, 6.07) is 12.8. The molecule has 0 bridgehead atoms. The lowest BCUT2D eigenvalue weighted by Crippen LogP contribution is -2.48. The fourth-order valence-electron chi connectivity index (χ4n) is 3.17. The highest BCUT2D eigenvalue weighted by Crippen LogP contribution is 2.22. The van der Waals surface area contributed by atoms with Crippen LogP contribution in [0.4, 0.5) is 4.39 Å². The third-order valence-corrected chi connectivity index (χ3v) is 6.49. The van der Waals surface area contributed by atoms with E-state index in [0.29, 0.717) is 32.7 Å². The molecule has 0 spiro atoms. The summed E-state index contributed by atoms with van der Waals surface area (Å²) >= 11 is 0. The number of fused-ring (bicyclic) bond motifs is 1. The summed E-state index contributed by atoms with van der Waals surface area (Å²) in [6.45, 7) is 2.47. The van der Waals surface area contributed by atoms with E-state index >= 15 is 0 Å². The van der Waals surface area contributed by atoms with E-state index in [0.717, 1.165) is 22.7 Å². The molecule has 2 heterocycles. The Morgan fingerprint density at radius 2 is 1.81 bits per heavy atom. The van der Waals surface area contributed by atoms with Crippen molar-refractivity contribution in [3.63, 3.8) is 0 Å². The Bertz CT molecular complexity index is 1030. The average molecular weight is 375 g/mol. The van der Waals surface area contributed by atoms with Crippen molar-refractivity contribution >= 4 is 21.0 Å². The van der Waals surface area contributed by atoms with E-state index in [1.54, 1.807) is 0 Å². The van der Waals surface area contributed by atoms with Crippen LogP contribution in [0.5, 0.6) is 0 Å². The van der Waals surface area contributed by atoms with Gasteiger partial charge in [0.25, 0.3) is 0 Å². The summed E-state index contributed by atoms with van der Waals surface area (Å²) in [5.41, 5.74) is 1.59. The molecule has 3 aromatic rings. The predicted octanol–water partition coefficient (Wildman–Crippen LogP) is 2.47. The summed E-state index contributed by atoms with van der Waals surface area (Å²) in [4.78, 5) is 2.13. The summed E-state index contributed by atoms with van der Waals surface area (Å²) in [5, 5.41) is 5.10. The number of benzene rings is 2. The molecule has 0 aliphatic carbocycles. The monoisotopic (exact) mass is 375 g/mol. The van der Waals surface area contributed by atoms with Gasteiger partial charge in [0, 0.05) is 38.1 Å². The topological polar surface area (TPSA) is 66.7 Å². The Hall–Kier alpha value is -2.29. The van der Waals surface area contributed by atoms with Crippen molar-refractivity contribution < 1.29 is 17.3 Å². The van der Waals surface area contributed by atoms with Crippen molar-refractivity contribution in [2.45, 2.75) is 11.4 Å². The SMILES string of the molecule is O=S(=O)(c1cccc(F)c1)N1CCN(Cc2noc3ccccc23)CC1. The fourth-order valence-corrected chi connectivity index (χ4v) is 4.62. The van der Waals surface area contributed by atoms with Crippen molar-refractivity contribution in [3.8, 4) is 0 Å². The highest BCUT2D eigenvalue weighted by Gasteiger charge is 2.29. The minimum Gasteiger partial charge on any atom is -0.356 e. The zero-order valence-electron chi connectivity index (χ0n) is 14.0. The molecule has 1 saturated heterocycles. The van der Waals surface area contributed by atoms with Gasteiger partial charge < -0.3 is 4.52 Å². The first-order chi connectivity index (χ1) is 12.5. The van der Waals surface area contributed by atoms with E-state index in [-0.39, 0.29) is 4.90 Å². The van der Waals surface area contributed by atoms with Crippen molar-refractivity contribution in [1.82, 2.24) is 14.4 Å². The first-order valence-corrected chi connectivity index (χ1v) is 9.79. The molecule has 0 atom stereocenters. The Morgan fingerprint density at radius 3 is 2.58 bits per heavy atom. The maximum Gasteiger partial charge on any atom is 0.243 e. The van der Waals surface area contributed by atoms with Gasteiger partial charge in [0.1, 0.15) is 11.5 Å². The van der Waals surface area contributed by atoms with Gasteiger partial charge >= 0.3 is 0 Å². The molecule has 136 valence electrons. The average Bonchev–Trinajstić information content (AvgIpc) is 3.05. The van der Waals surface area contributed by atoms with Crippen LogP contribution in [0.3, 0.4) is 0 Å². The van der Waals surface area contributed by atoms with Gasteiger partial charge in [0.15, 0.2) is 5.58 Å². The molecular weight excluding hydrogens is 357 g/mol. The van der Waals surface area contributed by atoms with Gasteiger partial charge in [-0.25, -0.2) is 12.8 Å². The van der Waals surface area contributed by atoms with E-state index < -0.39 is 15.8 Å². The molecular formula is C18H18FN3O3S. The third-order valence-electron chi connectivity index (χ3n) is 4.59. The number of sulfonamides is 1. The molecule has 0 unspecified atom stereocenters.